The highest BCUT2D eigenvalue weighted by atomic mass is 32.2. The van der Waals surface area contributed by atoms with Gasteiger partial charge in [0.1, 0.15) is 5.75 Å². The van der Waals surface area contributed by atoms with E-state index in [1.807, 2.05) is 6.92 Å². The third-order valence-electron chi connectivity index (χ3n) is 5.77. The van der Waals surface area contributed by atoms with Crippen molar-refractivity contribution in [2.75, 3.05) is 33.8 Å². The number of amides is 1. The highest BCUT2D eigenvalue weighted by Gasteiger charge is 2.32. The van der Waals surface area contributed by atoms with Crippen LogP contribution in [0, 0.1) is 5.92 Å². The molecule has 2 aromatic carbocycles. The molecule has 1 N–H and O–H groups in total. The molecule has 0 bridgehead atoms. The van der Waals surface area contributed by atoms with Gasteiger partial charge >= 0.3 is 0 Å². The van der Waals surface area contributed by atoms with Crippen molar-refractivity contribution in [1.29, 1.82) is 0 Å². The van der Waals surface area contributed by atoms with Crippen molar-refractivity contribution in [2.24, 2.45) is 5.92 Å². The van der Waals surface area contributed by atoms with Crippen molar-refractivity contribution < 1.29 is 26.4 Å². The number of carbonyl (C=O) groups excluding carboxylic acids is 1. The van der Waals surface area contributed by atoms with Gasteiger partial charge in [-0.15, -0.1) is 0 Å². The number of carbonyl (C=O) groups is 1. The van der Waals surface area contributed by atoms with E-state index in [4.69, 9.17) is 4.74 Å². The molecule has 0 radical (unpaired) electrons. The highest BCUT2D eigenvalue weighted by Crippen LogP contribution is 2.25. The third kappa shape index (κ3) is 5.96. The summed E-state index contributed by atoms with van der Waals surface area (Å²) in [5.41, 5.74) is 0.779. The second kappa shape index (κ2) is 10.9. The zero-order valence-corrected chi connectivity index (χ0v) is 21.2. The van der Waals surface area contributed by atoms with Gasteiger partial charge in [0.15, 0.2) is 0 Å². The minimum atomic E-state index is -3.63. The molecule has 11 heteroatoms. The molecule has 1 saturated heterocycles. The fraction of sp³-hybridized carbons (Fsp3) is 0.435. The molecule has 0 spiro atoms. The molecule has 0 aliphatic carbocycles. The van der Waals surface area contributed by atoms with Crippen molar-refractivity contribution in [3.8, 4) is 5.75 Å². The smallest absolute Gasteiger partial charge is 0.243 e. The third-order valence-corrected chi connectivity index (χ3v) is 9.51. The van der Waals surface area contributed by atoms with E-state index in [1.165, 1.54) is 42.7 Å². The van der Waals surface area contributed by atoms with Crippen molar-refractivity contribution in [2.45, 2.75) is 36.1 Å². The van der Waals surface area contributed by atoms with Gasteiger partial charge in [0.2, 0.25) is 26.0 Å². The molecule has 9 nitrogen and oxygen atoms in total. The van der Waals surface area contributed by atoms with Crippen molar-refractivity contribution >= 4 is 26.0 Å². The summed E-state index contributed by atoms with van der Waals surface area (Å²) in [5, 5.41) is 2.87. The Kier molecular flexibility index (Phi) is 8.34. The normalized spacial score (nSPS) is 15.9. The minimum Gasteiger partial charge on any atom is -0.494 e. The molecular formula is C23H31N3O6S2. The molecule has 1 aliphatic heterocycles. The molecule has 2 aromatic rings. The van der Waals surface area contributed by atoms with Crippen LogP contribution in [-0.2, 0) is 31.4 Å². The van der Waals surface area contributed by atoms with E-state index in [-0.39, 0.29) is 41.3 Å². The Bertz CT molecular complexity index is 1190. The lowest BCUT2D eigenvalue weighted by Crippen LogP contribution is -2.42. The maximum atomic E-state index is 12.9. The number of nitrogens with zero attached hydrogens (tertiary/aromatic N) is 2. The highest BCUT2D eigenvalue weighted by molar-refractivity contribution is 7.89. The Balaban J connectivity index is 1.52. The molecule has 0 atom stereocenters. The van der Waals surface area contributed by atoms with E-state index in [1.54, 1.807) is 24.3 Å². The molecular weight excluding hydrogens is 478 g/mol. The Morgan fingerprint density at radius 1 is 0.971 bits per heavy atom. The Labute approximate surface area is 201 Å². The van der Waals surface area contributed by atoms with E-state index in [9.17, 15) is 21.6 Å². The number of piperidine rings is 1. The molecule has 0 unspecified atom stereocenters. The monoisotopic (exact) mass is 509 g/mol. The SMILES string of the molecule is CCOc1ccc(S(=O)(=O)N2CCC(C(=O)NCc3ccc(S(=O)(=O)N(C)C)cc3)CC2)cc1. The first-order chi connectivity index (χ1) is 16.1. The van der Waals surface area contributed by atoms with Crippen molar-refractivity contribution in [1.82, 2.24) is 13.9 Å². The molecule has 0 saturated carbocycles. The van der Waals surface area contributed by atoms with E-state index >= 15 is 0 Å². The first-order valence-corrected chi connectivity index (χ1v) is 14.0. The summed E-state index contributed by atoms with van der Waals surface area (Å²) in [6.07, 6.45) is 0.865. The van der Waals surface area contributed by atoms with E-state index < -0.39 is 20.0 Å². The van der Waals surface area contributed by atoms with Gasteiger partial charge in [0.05, 0.1) is 16.4 Å². The fourth-order valence-corrected chi connectivity index (χ4v) is 6.08. The number of rotatable bonds is 9. The van der Waals surface area contributed by atoms with Gasteiger partial charge in [-0.05, 0) is 61.7 Å². The molecule has 1 fully saturated rings. The predicted molar refractivity (Wildman–Crippen MR) is 128 cm³/mol. The number of nitrogens with one attached hydrogen (secondary N) is 1. The van der Waals surface area contributed by atoms with E-state index in [0.717, 1.165) is 9.87 Å². The van der Waals surface area contributed by atoms with Crippen molar-refractivity contribution in [3.63, 3.8) is 0 Å². The maximum Gasteiger partial charge on any atom is 0.243 e. The standard InChI is InChI=1S/C23H31N3O6S2/c1-4-32-20-7-11-22(12-8-20)34(30,31)26-15-13-19(14-16-26)23(27)24-17-18-5-9-21(10-6-18)33(28,29)25(2)3/h5-12,19H,4,13-17H2,1-3H3,(H,24,27). The van der Waals surface area contributed by atoms with Crippen LogP contribution < -0.4 is 10.1 Å². The van der Waals surface area contributed by atoms with E-state index in [0.29, 0.717) is 25.2 Å². The zero-order valence-electron chi connectivity index (χ0n) is 19.6. The van der Waals surface area contributed by atoms with Crippen LogP contribution in [0.4, 0.5) is 0 Å². The lowest BCUT2D eigenvalue weighted by molar-refractivity contribution is -0.126. The summed E-state index contributed by atoms with van der Waals surface area (Å²) >= 11 is 0. The molecule has 1 amide bonds. The van der Waals surface area contributed by atoms with Crippen LogP contribution in [0.15, 0.2) is 58.3 Å². The lowest BCUT2D eigenvalue weighted by Gasteiger charge is -2.30. The van der Waals surface area contributed by atoms with Gasteiger partial charge in [0, 0.05) is 39.6 Å². The fourth-order valence-electron chi connectivity index (χ4n) is 3.71. The Morgan fingerprint density at radius 3 is 2.06 bits per heavy atom. The summed E-state index contributed by atoms with van der Waals surface area (Å²) in [6, 6.07) is 12.7. The van der Waals surface area contributed by atoms with Crippen LogP contribution in [-0.4, -0.2) is 65.1 Å². The Hall–Kier alpha value is -2.47. The second-order valence-corrected chi connectivity index (χ2v) is 12.3. The van der Waals surface area contributed by atoms with Crippen LogP contribution in [0.1, 0.15) is 25.3 Å². The van der Waals surface area contributed by atoms with Gasteiger partial charge in [-0.3, -0.25) is 4.79 Å². The number of hydrogen-bond acceptors (Lipinski definition) is 6. The zero-order chi connectivity index (χ0) is 24.9. The van der Waals surface area contributed by atoms with Gasteiger partial charge in [-0.2, -0.15) is 4.31 Å². The summed E-state index contributed by atoms with van der Waals surface area (Å²) in [4.78, 5) is 13.0. The van der Waals surface area contributed by atoms with Crippen molar-refractivity contribution in [3.05, 3.63) is 54.1 Å². The minimum absolute atomic E-state index is 0.136. The number of sulfonamides is 2. The molecule has 1 aliphatic rings. The first kappa shape index (κ1) is 26.1. The average Bonchev–Trinajstić information content (AvgIpc) is 2.83. The summed E-state index contributed by atoms with van der Waals surface area (Å²) in [7, 11) is -4.18. The summed E-state index contributed by atoms with van der Waals surface area (Å²) in [6.45, 7) is 3.17. The quantitative estimate of drug-likeness (QED) is 0.554. The van der Waals surface area contributed by atoms with Crippen LogP contribution in [0.3, 0.4) is 0 Å². The van der Waals surface area contributed by atoms with Gasteiger partial charge in [0.25, 0.3) is 0 Å². The first-order valence-electron chi connectivity index (χ1n) is 11.1. The summed E-state index contributed by atoms with van der Waals surface area (Å²) < 4.78 is 58.1. The maximum absolute atomic E-state index is 12.9. The molecule has 3 rings (SSSR count). The Morgan fingerprint density at radius 2 is 1.53 bits per heavy atom. The van der Waals surface area contributed by atoms with Crippen LogP contribution in [0.2, 0.25) is 0 Å². The number of benzene rings is 2. The number of ether oxygens (including phenoxy) is 1. The van der Waals surface area contributed by atoms with Crippen LogP contribution >= 0.6 is 0 Å². The lowest BCUT2D eigenvalue weighted by atomic mass is 9.97. The molecule has 1 heterocycles. The molecule has 34 heavy (non-hydrogen) atoms. The topological polar surface area (TPSA) is 113 Å². The van der Waals surface area contributed by atoms with Crippen LogP contribution in [0.5, 0.6) is 5.75 Å². The van der Waals surface area contributed by atoms with Gasteiger partial charge in [-0.1, -0.05) is 12.1 Å². The molecule has 186 valence electrons. The molecule has 0 aromatic heterocycles. The average molecular weight is 510 g/mol. The second-order valence-electron chi connectivity index (χ2n) is 8.23. The van der Waals surface area contributed by atoms with E-state index in [2.05, 4.69) is 5.32 Å². The van der Waals surface area contributed by atoms with Gasteiger partial charge in [-0.25, -0.2) is 21.1 Å². The summed E-state index contributed by atoms with van der Waals surface area (Å²) in [5.74, 6) is 0.203. The largest absolute Gasteiger partial charge is 0.494 e. The van der Waals surface area contributed by atoms with Crippen LogP contribution in [0.25, 0.3) is 0 Å². The predicted octanol–water partition coefficient (Wildman–Crippen LogP) is 2.05. The number of hydrogen-bond donors (Lipinski definition) is 1. The van der Waals surface area contributed by atoms with Gasteiger partial charge < -0.3 is 10.1 Å².